The van der Waals surface area contributed by atoms with Gasteiger partial charge in [-0.1, -0.05) is 30.3 Å². The average Bonchev–Trinajstić information content (AvgIpc) is 3.01. The Labute approximate surface area is 177 Å². The molecule has 4 amide bonds. The van der Waals surface area contributed by atoms with Crippen LogP contribution in [0, 0.1) is 5.82 Å². The number of methoxy groups -OCH3 is 1. The highest BCUT2D eigenvalue weighted by Gasteiger charge is 2.34. The van der Waals surface area contributed by atoms with E-state index in [1.165, 1.54) is 6.07 Å². The van der Waals surface area contributed by atoms with Crippen molar-refractivity contribution in [1.29, 1.82) is 0 Å². The molecule has 0 saturated carbocycles. The minimum absolute atomic E-state index is 0.0324. The van der Waals surface area contributed by atoms with Gasteiger partial charge in [0.25, 0.3) is 11.1 Å². The van der Waals surface area contributed by atoms with Crippen molar-refractivity contribution in [3.05, 3.63) is 70.4 Å². The fourth-order valence-corrected chi connectivity index (χ4v) is 3.57. The predicted molar refractivity (Wildman–Crippen MR) is 112 cm³/mol. The Morgan fingerprint density at radius 2 is 1.87 bits per heavy atom. The summed E-state index contributed by atoms with van der Waals surface area (Å²) in [6.07, 6.45) is 1.64. The summed E-state index contributed by atoms with van der Waals surface area (Å²) in [6, 6.07) is 12.7. The number of imide groups is 1. The topological polar surface area (TPSA) is 87.7 Å². The summed E-state index contributed by atoms with van der Waals surface area (Å²) in [7, 11) is 1.56. The molecule has 1 fully saturated rings. The molecule has 156 valence electrons. The molecule has 9 heteroatoms. The number of thioether (sulfide) groups is 1. The van der Waals surface area contributed by atoms with Gasteiger partial charge in [0.15, 0.2) is 0 Å². The van der Waals surface area contributed by atoms with Gasteiger partial charge in [0.05, 0.1) is 12.0 Å². The molecule has 0 aromatic heterocycles. The number of carbonyl (C=O) groups excluding carboxylic acids is 3. The van der Waals surface area contributed by atoms with Crippen molar-refractivity contribution in [2.75, 3.05) is 20.2 Å². The van der Waals surface area contributed by atoms with Crippen LogP contribution in [0.2, 0.25) is 0 Å². The number of nitrogens with zero attached hydrogens (tertiary/aromatic N) is 1. The number of urea groups is 1. The maximum absolute atomic E-state index is 13.5. The lowest BCUT2D eigenvalue weighted by atomic mass is 10.2. The second-order valence-electron chi connectivity index (χ2n) is 6.31. The summed E-state index contributed by atoms with van der Waals surface area (Å²) >= 11 is 0.852. The molecule has 0 bridgehead atoms. The van der Waals surface area contributed by atoms with E-state index >= 15 is 0 Å². The fourth-order valence-electron chi connectivity index (χ4n) is 2.71. The highest BCUT2D eigenvalue weighted by molar-refractivity contribution is 8.18. The van der Waals surface area contributed by atoms with Crippen LogP contribution in [0.1, 0.15) is 11.1 Å². The molecule has 2 aromatic carbocycles. The summed E-state index contributed by atoms with van der Waals surface area (Å²) in [4.78, 5) is 37.9. The van der Waals surface area contributed by atoms with Gasteiger partial charge in [0.1, 0.15) is 11.6 Å². The van der Waals surface area contributed by atoms with Gasteiger partial charge in [-0.3, -0.25) is 14.5 Å². The van der Waals surface area contributed by atoms with Crippen LogP contribution in [0.5, 0.6) is 5.75 Å². The molecule has 0 radical (unpaired) electrons. The SMILES string of the molecule is COc1ccc(C=C2SC(=O)N(CCNC(=O)NCc3ccccc3F)C2=O)cc1. The number of hydrogen-bond donors (Lipinski definition) is 2. The van der Waals surface area contributed by atoms with E-state index in [2.05, 4.69) is 10.6 Å². The molecule has 3 rings (SSSR count). The van der Waals surface area contributed by atoms with E-state index in [0.717, 1.165) is 22.2 Å². The van der Waals surface area contributed by atoms with Crippen LogP contribution >= 0.6 is 11.8 Å². The van der Waals surface area contributed by atoms with E-state index in [4.69, 9.17) is 4.74 Å². The van der Waals surface area contributed by atoms with Crippen LogP contribution in [0.4, 0.5) is 14.0 Å². The van der Waals surface area contributed by atoms with Crippen LogP contribution in [0.3, 0.4) is 0 Å². The Morgan fingerprint density at radius 3 is 2.57 bits per heavy atom. The third kappa shape index (κ3) is 5.38. The van der Waals surface area contributed by atoms with Crippen LogP contribution in [-0.2, 0) is 11.3 Å². The van der Waals surface area contributed by atoms with E-state index < -0.39 is 23.0 Å². The zero-order valence-corrected chi connectivity index (χ0v) is 17.0. The molecule has 7 nitrogen and oxygen atoms in total. The van der Waals surface area contributed by atoms with Gasteiger partial charge in [0.2, 0.25) is 0 Å². The summed E-state index contributed by atoms with van der Waals surface area (Å²) in [5, 5.41) is 4.69. The molecule has 1 aliphatic rings. The molecule has 30 heavy (non-hydrogen) atoms. The number of rotatable bonds is 7. The minimum Gasteiger partial charge on any atom is -0.497 e. The highest BCUT2D eigenvalue weighted by Crippen LogP contribution is 2.32. The third-order valence-corrected chi connectivity index (χ3v) is 5.21. The van der Waals surface area contributed by atoms with Gasteiger partial charge >= 0.3 is 6.03 Å². The Kier molecular flexibility index (Phi) is 7.08. The zero-order chi connectivity index (χ0) is 21.5. The van der Waals surface area contributed by atoms with Crippen molar-refractivity contribution in [2.45, 2.75) is 6.54 Å². The number of halogens is 1. The van der Waals surface area contributed by atoms with Crippen molar-refractivity contribution < 1.29 is 23.5 Å². The summed E-state index contributed by atoms with van der Waals surface area (Å²) in [6.45, 7) is 0.152. The van der Waals surface area contributed by atoms with Crippen molar-refractivity contribution >= 4 is 35.0 Å². The summed E-state index contributed by atoms with van der Waals surface area (Å²) in [5.41, 5.74) is 1.13. The first-order valence-electron chi connectivity index (χ1n) is 9.12. The van der Waals surface area contributed by atoms with Crippen LogP contribution < -0.4 is 15.4 Å². The van der Waals surface area contributed by atoms with Gasteiger partial charge in [0, 0.05) is 25.2 Å². The fraction of sp³-hybridized carbons (Fsp3) is 0.190. The van der Waals surface area contributed by atoms with E-state index in [-0.39, 0.29) is 19.6 Å². The molecule has 1 saturated heterocycles. The molecule has 0 aliphatic carbocycles. The normalized spacial score (nSPS) is 14.9. The molecule has 0 unspecified atom stereocenters. The van der Waals surface area contributed by atoms with Crippen molar-refractivity contribution in [1.82, 2.24) is 15.5 Å². The average molecular weight is 429 g/mol. The van der Waals surface area contributed by atoms with Crippen molar-refractivity contribution in [3.63, 3.8) is 0 Å². The van der Waals surface area contributed by atoms with Crippen molar-refractivity contribution in [2.24, 2.45) is 0 Å². The lowest BCUT2D eigenvalue weighted by molar-refractivity contribution is -0.122. The number of carbonyl (C=O) groups is 3. The first-order valence-corrected chi connectivity index (χ1v) is 9.94. The standard InChI is InChI=1S/C21H20FN3O4S/c1-29-16-8-6-14(7-9-16)12-18-19(26)25(21(28)30-18)11-10-23-20(27)24-13-15-4-2-3-5-17(15)22/h2-9,12H,10-11,13H2,1H3,(H2,23,24,27). The van der Waals surface area contributed by atoms with Crippen LogP contribution in [-0.4, -0.2) is 42.3 Å². The predicted octanol–water partition coefficient (Wildman–Crippen LogP) is 3.37. The highest BCUT2D eigenvalue weighted by atomic mass is 32.2. The van der Waals surface area contributed by atoms with E-state index in [1.54, 1.807) is 55.7 Å². The van der Waals surface area contributed by atoms with Gasteiger partial charge in [-0.25, -0.2) is 9.18 Å². The molecule has 1 aliphatic heterocycles. The van der Waals surface area contributed by atoms with Gasteiger partial charge in [-0.2, -0.15) is 0 Å². The lowest BCUT2D eigenvalue weighted by Gasteiger charge is -2.13. The molecule has 2 N–H and O–H groups in total. The monoisotopic (exact) mass is 429 g/mol. The summed E-state index contributed by atoms with van der Waals surface area (Å²) < 4.78 is 18.6. The molecule has 0 spiro atoms. The quantitative estimate of drug-likeness (QED) is 0.659. The van der Waals surface area contributed by atoms with Gasteiger partial charge in [-0.05, 0) is 41.6 Å². The Balaban J connectivity index is 1.48. The van der Waals surface area contributed by atoms with E-state index in [9.17, 15) is 18.8 Å². The number of nitrogens with one attached hydrogen (secondary N) is 2. The van der Waals surface area contributed by atoms with E-state index in [0.29, 0.717) is 16.2 Å². The smallest absolute Gasteiger partial charge is 0.315 e. The number of amides is 4. The van der Waals surface area contributed by atoms with Crippen molar-refractivity contribution in [3.8, 4) is 5.75 Å². The molecule has 2 aromatic rings. The Hall–Kier alpha value is -3.33. The molecule has 1 heterocycles. The van der Waals surface area contributed by atoms with Crippen LogP contribution in [0.15, 0.2) is 53.4 Å². The lowest BCUT2D eigenvalue weighted by Crippen LogP contribution is -2.41. The Morgan fingerprint density at radius 1 is 1.13 bits per heavy atom. The third-order valence-electron chi connectivity index (χ3n) is 4.31. The molecule has 0 atom stereocenters. The van der Waals surface area contributed by atoms with Crippen LogP contribution in [0.25, 0.3) is 6.08 Å². The van der Waals surface area contributed by atoms with Gasteiger partial charge in [-0.15, -0.1) is 0 Å². The Bertz CT molecular complexity index is 978. The maximum atomic E-state index is 13.5. The maximum Gasteiger partial charge on any atom is 0.315 e. The largest absolute Gasteiger partial charge is 0.497 e. The number of ether oxygens (including phenoxy) is 1. The second kappa shape index (κ2) is 9.93. The first kappa shape index (κ1) is 21.4. The number of hydrogen-bond acceptors (Lipinski definition) is 5. The summed E-state index contributed by atoms with van der Waals surface area (Å²) in [5.74, 6) is -0.117. The van der Waals surface area contributed by atoms with E-state index in [1.807, 2.05) is 0 Å². The minimum atomic E-state index is -0.515. The molecular weight excluding hydrogens is 409 g/mol. The van der Waals surface area contributed by atoms with Gasteiger partial charge < -0.3 is 15.4 Å². The number of benzene rings is 2. The first-order chi connectivity index (χ1) is 14.5. The zero-order valence-electron chi connectivity index (χ0n) is 16.2. The molecular formula is C21H20FN3O4S. The second-order valence-corrected chi connectivity index (χ2v) is 7.30.